The summed E-state index contributed by atoms with van der Waals surface area (Å²) in [4.78, 5) is 4.32. The van der Waals surface area contributed by atoms with Gasteiger partial charge < -0.3 is 20.1 Å². The van der Waals surface area contributed by atoms with Crippen molar-refractivity contribution in [3.8, 4) is 0 Å². The van der Waals surface area contributed by atoms with Crippen molar-refractivity contribution in [3.63, 3.8) is 0 Å². The van der Waals surface area contributed by atoms with Crippen LogP contribution in [0.2, 0.25) is 0 Å². The highest BCUT2D eigenvalue weighted by Crippen LogP contribution is 2.34. The maximum absolute atomic E-state index is 13.3. The van der Waals surface area contributed by atoms with Crippen molar-refractivity contribution < 1.29 is 13.9 Å². The van der Waals surface area contributed by atoms with Crippen LogP contribution in [0.5, 0.6) is 0 Å². The summed E-state index contributed by atoms with van der Waals surface area (Å²) in [7, 11) is 1.78. The van der Waals surface area contributed by atoms with Crippen LogP contribution in [-0.4, -0.2) is 52.5 Å². The molecule has 1 aliphatic rings. The molecule has 5 nitrogen and oxygen atoms in total. The molecule has 0 aliphatic carbocycles. The second kappa shape index (κ2) is 11.1. The second-order valence-corrected chi connectivity index (χ2v) is 6.66. The highest BCUT2D eigenvalue weighted by molar-refractivity contribution is 5.79. The van der Waals surface area contributed by atoms with Crippen LogP contribution in [-0.2, 0) is 14.9 Å². The van der Waals surface area contributed by atoms with Gasteiger partial charge in [-0.1, -0.05) is 12.1 Å². The molecule has 0 amide bonds. The van der Waals surface area contributed by atoms with Crippen LogP contribution < -0.4 is 10.6 Å². The predicted octanol–water partition coefficient (Wildman–Crippen LogP) is 2.86. The summed E-state index contributed by atoms with van der Waals surface area (Å²) < 4.78 is 24.2. The first kappa shape index (κ1) is 20.6. The Bertz CT molecular complexity index is 542. The van der Waals surface area contributed by atoms with E-state index in [-0.39, 0.29) is 11.2 Å². The summed E-state index contributed by atoms with van der Waals surface area (Å²) in [6, 6.07) is 6.87. The van der Waals surface area contributed by atoms with Crippen molar-refractivity contribution in [3.05, 3.63) is 35.6 Å². The molecule has 0 aromatic heterocycles. The molecule has 1 saturated heterocycles. The van der Waals surface area contributed by atoms with Crippen molar-refractivity contribution >= 4 is 5.96 Å². The first-order chi connectivity index (χ1) is 12.7. The molecular formula is C20H32FN3O2. The van der Waals surface area contributed by atoms with E-state index in [9.17, 15) is 4.39 Å². The van der Waals surface area contributed by atoms with Gasteiger partial charge in [0.05, 0.1) is 0 Å². The molecule has 6 heteroatoms. The summed E-state index contributed by atoms with van der Waals surface area (Å²) in [5.74, 6) is 0.600. The maximum Gasteiger partial charge on any atom is 0.191 e. The number of aliphatic imine (C=N–C) groups is 1. The first-order valence-electron chi connectivity index (χ1n) is 9.56. The van der Waals surface area contributed by atoms with Crippen LogP contribution in [0.15, 0.2) is 29.3 Å². The molecule has 146 valence electrons. The number of unbranched alkanes of at least 4 members (excludes halogenated alkanes) is 1. The third-order valence-electron chi connectivity index (χ3n) is 4.94. The molecule has 1 aromatic carbocycles. The topological polar surface area (TPSA) is 54.9 Å². The third kappa shape index (κ3) is 6.25. The molecule has 1 heterocycles. The highest BCUT2D eigenvalue weighted by Gasteiger charge is 2.34. The first-order valence-corrected chi connectivity index (χ1v) is 9.56. The van der Waals surface area contributed by atoms with E-state index in [1.54, 1.807) is 7.05 Å². The van der Waals surface area contributed by atoms with E-state index in [0.717, 1.165) is 76.7 Å². The summed E-state index contributed by atoms with van der Waals surface area (Å²) >= 11 is 0. The molecule has 0 spiro atoms. The van der Waals surface area contributed by atoms with Gasteiger partial charge in [0.15, 0.2) is 5.96 Å². The van der Waals surface area contributed by atoms with Crippen LogP contribution in [0.3, 0.4) is 0 Å². The van der Waals surface area contributed by atoms with Gasteiger partial charge >= 0.3 is 0 Å². The molecule has 0 saturated carbocycles. The van der Waals surface area contributed by atoms with Crippen LogP contribution in [0, 0.1) is 5.82 Å². The number of guanidine groups is 1. The number of benzene rings is 1. The molecular weight excluding hydrogens is 333 g/mol. The Morgan fingerprint density at radius 2 is 1.92 bits per heavy atom. The number of halogens is 1. The predicted molar refractivity (Wildman–Crippen MR) is 103 cm³/mol. The van der Waals surface area contributed by atoms with Crippen molar-refractivity contribution in [2.24, 2.45) is 4.99 Å². The van der Waals surface area contributed by atoms with E-state index in [2.05, 4.69) is 15.6 Å². The van der Waals surface area contributed by atoms with Crippen LogP contribution in [0.1, 0.15) is 38.2 Å². The van der Waals surface area contributed by atoms with Gasteiger partial charge in [-0.3, -0.25) is 4.99 Å². The standard InChI is InChI=1S/C20H32FN3O2/c1-3-25-13-5-4-12-23-19(22-2)24-16-20(10-14-26-15-11-20)17-6-8-18(21)9-7-17/h6-9H,3-5,10-16H2,1-2H3,(H2,22,23,24). The fraction of sp³-hybridized carbons (Fsp3) is 0.650. The van der Waals surface area contributed by atoms with Crippen molar-refractivity contribution in [2.75, 3.05) is 46.6 Å². The second-order valence-electron chi connectivity index (χ2n) is 6.66. The molecule has 2 N–H and O–H groups in total. The number of hydrogen-bond donors (Lipinski definition) is 2. The van der Waals surface area contributed by atoms with E-state index in [1.165, 1.54) is 12.1 Å². The Morgan fingerprint density at radius 1 is 1.19 bits per heavy atom. The van der Waals surface area contributed by atoms with E-state index < -0.39 is 0 Å². The largest absolute Gasteiger partial charge is 0.382 e. The van der Waals surface area contributed by atoms with Gasteiger partial charge in [-0.15, -0.1) is 0 Å². The van der Waals surface area contributed by atoms with Crippen LogP contribution in [0.25, 0.3) is 0 Å². The Hall–Kier alpha value is -1.66. The molecule has 2 rings (SSSR count). The zero-order valence-electron chi connectivity index (χ0n) is 16.0. The van der Waals surface area contributed by atoms with Gasteiger partial charge in [0.25, 0.3) is 0 Å². The van der Waals surface area contributed by atoms with E-state index in [0.29, 0.717) is 0 Å². The zero-order chi connectivity index (χ0) is 18.7. The lowest BCUT2D eigenvalue weighted by Crippen LogP contribution is -2.48. The molecule has 0 radical (unpaired) electrons. The van der Waals surface area contributed by atoms with Gasteiger partial charge in [0, 0.05) is 52.0 Å². The minimum atomic E-state index is -0.201. The average molecular weight is 365 g/mol. The Labute approximate surface area is 156 Å². The molecule has 1 aromatic rings. The lowest BCUT2D eigenvalue weighted by molar-refractivity contribution is 0.0513. The molecule has 0 atom stereocenters. The van der Waals surface area contributed by atoms with E-state index in [4.69, 9.17) is 9.47 Å². The molecule has 1 aliphatic heterocycles. The summed E-state index contributed by atoms with van der Waals surface area (Å²) in [5.41, 5.74) is 1.10. The SMILES string of the molecule is CCOCCCCNC(=NC)NCC1(c2ccc(F)cc2)CCOCC1. The lowest BCUT2D eigenvalue weighted by atomic mass is 9.74. The van der Waals surface area contributed by atoms with Gasteiger partial charge in [0.2, 0.25) is 0 Å². The normalized spacial score (nSPS) is 17.1. The summed E-state index contributed by atoms with van der Waals surface area (Å²) in [6.45, 7) is 6.64. The fourth-order valence-electron chi connectivity index (χ4n) is 3.29. The lowest BCUT2D eigenvalue weighted by Gasteiger charge is -2.38. The van der Waals surface area contributed by atoms with Crippen LogP contribution in [0.4, 0.5) is 4.39 Å². The van der Waals surface area contributed by atoms with Crippen molar-refractivity contribution in [2.45, 2.75) is 38.0 Å². The molecule has 1 fully saturated rings. The minimum Gasteiger partial charge on any atom is -0.382 e. The van der Waals surface area contributed by atoms with Crippen LogP contribution >= 0.6 is 0 Å². The van der Waals surface area contributed by atoms with E-state index in [1.807, 2.05) is 19.1 Å². The minimum absolute atomic E-state index is 0.0570. The monoisotopic (exact) mass is 365 g/mol. The number of nitrogens with zero attached hydrogens (tertiary/aromatic N) is 1. The molecule has 26 heavy (non-hydrogen) atoms. The zero-order valence-corrected chi connectivity index (χ0v) is 16.0. The Kier molecular flexibility index (Phi) is 8.85. The maximum atomic E-state index is 13.3. The quantitative estimate of drug-likeness (QED) is 0.401. The smallest absolute Gasteiger partial charge is 0.191 e. The Morgan fingerprint density at radius 3 is 2.58 bits per heavy atom. The molecule has 0 bridgehead atoms. The van der Waals surface area contributed by atoms with Gasteiger partial charge in [0.1, 0.15) is 5.82 Å². The van der Waals surface area contributed by atoms with Gasteiger partial charge in [-0.05, 0) is 50.3 Å². The van der Waals surface area contributed by atoms with Gasteiger partial charge in [-0.25, -0.2) is 4.39 Å². The average Bonchev–Trinajstić information content (AvgIpc) is 2.68. The highest BCUT2D eigenvalue weighted by atomic mass is 19.1. The number of hydrogen-bond acceptors (Lipinski definition) is 3. The fourth-order valence-corrected chi connectivity index (χ4v) is 3.29. The van der Waals surface area contributed by atoms with Crippen molar-refractivity contribution in [1.82, 2.24) is 10.6 Å². The van der Waals surface area contributed by atoms with Crippen molar-refractivity contribution in [1.29, 1.82) is 0 Å². The number of rotatable bonds is 9. The van der Waals surface area contributed by atoms with E-state index >= 15 is 0 Å². The summed E-state index contributed by atoms with van der Waals surface area (Å²) in [6.07, 6.45) is 3.90. The number of ether oxygens (including phenoxy) is 2. The van der Waals surface area contributed by atoms with Gasteiger partial charge in [-0.2, -0.15) is 0 Å². The summed E-state index contributed by atoms with van der Waals surface area (Å²) in [5, 5.41) is 6.81. The number of nitrogens with one attached hydrogen (secondary N) is 2. The Balaban J connectivity index is 1.88. The third-order valence-corrected chi connectivity index (χ3v) is 4.94. The molecule has 0 unspecified atom stereocenters.